The number of carbonyl (C=O) groups is 4. The van der Waals surface area contributed by atoms with Crippen molar-refractivity contribution in [2.24, 2.45) is 0 Å². The summed E-state index contributed by atoms with van der Waals surface area (Å²) in [5.41, 5.74) is 2.11. The van der Waals surface area contributed by atoms with Gasteiger partial charge in [0.25, 0.3) is 11.8 Å². The third-order valence-electron chi connectivity index (χ3n) is 4.94. The number of amides is 2. The smallest absolute Gasteiger partial charge is 0.326 e. The number of Topliss-reactive ketones (excluding diaryl/α,β-unsaturated/α-hetero) is 1. The molecule has 0 saturated heterocycles. The molecule has 1 atom stereocenters. The average molecular weight is 379 g/mol. The van der Waals surface area contributed by atoms with Gasteiger partial charge in [-0.15, -0.1) is 0 Å². The molecular formula is C22H21NO5. The molecule has 1 heterocycles. The van der Waals surface area contributed by atoms with Crippen molar-refractivity contribution in [3.63, 3.8) is 0 Å². The van der Waals surface area contributed by atoms with E-state index < -0.39 is 30.9 Å². The van der Waals surface area contributed by atoms with E-state index in [1.54, 1.807) is 24.3 Å². The monoisotopic (exact) mass is 379 g/mol. The Labute approximate surface area is 163 Å². The van der Waals surface area contributed by atoms with Gasteiger partial charge in [0, 0.05) is 5.56 Å². The van der Waals surface area contributed by atoms with Gasteiger partial charge in [0.1, 0.15) is 6.54 Å². The van der Waals surface area contributed by atoms with E-state index in [0.29, 0.717) is 11.5 Å². The molecule has 6 nitrogen and oxygen atoms in total. The van der Waals surface area contributed by atoms with E-state index in [1.807, 2.05) is 12.1 Å². The summed E-state index contributed by atoms with van der Waals surface area (Å²) in [6.45, 7) is 3.24. The van der Waals surface area contributed by atoms with Crippen molar-refractivity contribution in [2.45, 2.75) is 26.2 Å². The van der Waals surface area contributed by atoms with Gasteiger partial charge < -0.3 is 4.74 Å². The lowest BCUT2D eigenvalue weighted by atomic mass is 9.97. The highest BCUT2D eigenvalue weighted by molar-refractivity contribution is 6.22. The number of hydrogen-bond acceptors (Lipinski definition) is 5. The van der Waals surface area contributed by atoms with E-state index in [0.717, 1.165) is 16.9 Å². The normalized spacial score (nSPS) is 14.0. The summed E-state index contributed by atoms with van der Waals surface area (Å²) in [7, 11) is 0. The molecule has 6 heteroatoms. The second-order valence-corrected chi connectivity index (χ2v) is 6.76. The number of ketones is 1. The molecule has 1 aliphatic rings. The molecule has 0 aromatic heterocycles. The number of carbonyl (C=O) groups excluding carboxylic acids is 4. The zero-order valence-corrected chi connectivity index (χ0v) is 15.8. The minimum absolute atomic E-state index is 0.262. The van der Waals surface area contributed by atoms with Crippen molar-refractivity contribution < 1.29 is 23.9 Å². The molecule has 0 spiro atoms. The number of rotatable bonds is 7. The lowest BCUT2D eigenvalue weighted by Crippen LogP contribution is -2.36. The van der Waals surface area contributed by atoms with E-state index >= 15 is 0 Å². The molecule has 0 saturated carbocycles. The zero-order chi connectivity index (χ0) is 20.3. The molecule has 144 valence electrons. The molecule has 28 heavy (non-hydrogen) atoms. The van der Waals surface area contributed by atoms with Gasteiger partial charge in [0.15, 0.2) is 12.4 Å². The Kier molecular flexibility index (Phi) is 5.68. The maximum absolute atomic E-state index is 12.2. The minimum Gasteiger partial charge on any atom is -0.456 e. The number of nitrogens with zero attached hydrogens (tertiary/aromatic N) is 1. The fourth-order valence-corrected chi connectivity index (χ4v) is 3.02. The van der Waals surface area contributed by atoms with Crippen LogP contribution in [-0.2, 0) is 9.53 Å². The number of hydrogen-bond donors (Lipinski definition) is 0. The third kappa shape index (κ3) is 3.86. The number of ether oxygens (including phenoxy) is 1. The van der Waals surface area contributed by atoms with Crippen LogP contribution in [0.25, 0.3) is 0 Å². The van der Waals surface area contributed by atoms with E-state index in [4.69, 9.17) is 4.74 Å². The predicted octanol–water partition coefficient (Wildman–Crippen LogP) is 3.22. The number of fused-ring (bicyclic) bond motifs is 1. The molecule has 0 fully saturated rings. The summed E-state index contributed by atoms with van der Waals surface area (Å²) in [5.74, 6) is -1.82. The van der Waals surface area contributed by atoms with E-state index in [2.05, 4.69) is 13.8 Å². The Bertz CT molecular complexity index is 897. The van der Waals surface area contributed by atoms with Crippen molar-refractivity contribution in [2.75, 3.05) is 13.2 Å². The zero-order valence-electron chi connectivity index (χ0n) is 15.8. The molecule has 0 unspecified atom stereocenters. The standard InChI is InChI=1S/C22H21NO5/c1-3-14(2)15-8-10-16(11-9-15)19(24)13-28-20(25)12-23-21(26)17-6-4-5-7-18(17)22(23)27/h4-11,14H,3,12-13H2,1-2H3/t14-/m1/s1. The van der Waals surface area contributed by atoms with Crippen LogP contribution in [-0.4, -0.2) is 41.6 Å². The predicted molar refractivity (Wildman–Crippen MR) is 102 cm³/mol. The first-order chi connectivity index (χ1) is 13.4. The van der Waals surface area contributed by atoms with Gasteiger partial charge in [-0.3, -0.25) is 24.1 Å². The second-order valence-electron chi connectivity index (χ2n) is 6.76. The lowest BCUT2D eigenvalue weighted by Gasteiger charge is -2.13. The topological polar surface area (TPSA) is 80.8 Å². The summed E-state index contributed by atoms with van der Waals surface area (Å²) in [6, 6.07) is 13.6. The van der Waals surface area contributed by atoms with Crippen LogP contribution < -0.4 is 0 Å². The fourth-order valence-electron chi connectivity index (χ4n) is 3.02. The Morgan fingerprint density at radius 1 is 0.964 bits per heavy atom. The van der Waals surface area contributed by atoms with Crippen LogP contribution in [0.15, 0.2) is 48.5 Å². The van der Waals surface area contributed by atoms with Crippen LogP contribution >= 0.6 is 0 Å². The van der Waals surface area contributed by atoms with Gasteiger partial charge in [-0.25, -0.2) is 0 Å². The molecule has 0 bridgehead atoms. The Morgan fingerprint density at radius 2 is 1.54 bits per heavy atom. The van der Waals surface area contributed by atoms with Gasteiger partial charge in [0.2, 0.25) is 0 Å². The molecule has 2 aromatic rings. The van der Waals surface area contributed by atoms with E-state index in [9.17, 15) is 19.2 Å². The molecule has 0 radical (unpaired) electrons. The average Bonchev–Trinajstić information content (AvgIpc) is 2.96. The van der Waals surface area contributed by atoms with Gasteiger partial charge in [-0.1, -0.05) is 50.2 Å². The van der Waals surface area contributed by atoms with Gasteiger partial charge >= 0.3 is 5.97 Å². The second kappa shape index (κ2) is 8.17. The maximum Gasteiger partial charge on any atom is 0.326 e. The fraction of sp³-hybridized carbons (Fsp3) is 0.273. The van der Waals surface area contributed by atoms with Crippen molar-refractivity contribution in [3.8, 4) is 0 Å². The Morgan fingerprint density at radius 3 is 2.07 bits per heavy atom. The van der Waals surface area contributed by atoms with Gasteiger partial charge in [-0.2, -0.15) is 0 Å². The number of imide groups is 1. The maximum atomic E-state index is 12.2. The van der Waals surface area contributed by atoms with Crippen LogP contribution in [0.3, 0.4) is 0 Å². The van der Waals surface area contributed by atoms with Crippen molar-refractivity contribution in [1.82, 2.24) is 4.90 Å². The minimum atomic E-state index is -0.806. The molecule has 3 rings (SSSR count). The molecular weight excluding hydrogens is 358 g/mol. The van der Waals surface area contributed by atoms with Crippen LogP contribution in [0.1, 0.15) is 62.8 Å². The molecule has 2 aromatic carbocycles. The van der Waals surface area contributed by atoms with Crippen LogP contribution in [0.2, 0.25) is 0 Å². The van der Waals surface area contributed by atoms with Crippen molar-refractivity contribution >= 4 is 23.6 Å². The largest absolute Gasteiger partial charge is 0.456 e. The van der Waals surface area contributed by atoms with Gasteiger partial charge in [0.05, 0.1) is 11.1 Å². The molecule has 0 N–H and O–H groups in total. The van der Waals surface area contributed by atoms with Crippen molar-refractivity contribution in [3.05, 3.63) is 70.8 Å². The lowest BCUT2D eigenvalue weighted by molar-refractivity contribution is -0.142. The van der Waals surface area contributed by atoms with Crippen molar-refractivity contribution in [1.29, 1.82) is 0 Å². The first-order valence-electron chi connectivity index (χ1n) is 9.16. The third-order valence-corrected chi connectivity index (χ3v) is 4.94. The van der Waals surface area contributed by atoms with Crippen LogP contribution in [0, 0.1) is 0 Å². The summed E-state index contributed by atoms with van der Waals surface area (Å²) in [6.07, 6.45) is 1.00. The number of esters is 1. The Hall–Kier alpha value is -3.28. The molecule has 1 aliphatic heterocycles. The first-order valence-corrected chi connectivity index (χ1v) is 9.16. The summed E-state index contributed by atoms with van der Waals surface area (Å²) < 4.78 is 4.98. The molecule has 0 aliphatic carbocycles. The molecule has 2 amide bonds. The highest BCUT2D eigenvalue weighted by Crippen LogP contribution is 2.22. The highest BCUT2D eigenvalue weighted by atomic mass is 16.5. The summed E-state index contributed by atoms with van der Waals surface area (Å²) in [4.78, 5) is 49.6. The van der Waals surface area contributed by atoms with E-state index in [-0.39, 0.29) is 16.9 Å². The van der Waals surface area contributed by atoms with E-state index in [1.165, 1.54) is 12.1 Å². The quantitative estimate of drug-likeness (QED) is 0.419. The Balaban J connectivity index is 1.55. The van der Waals surface area contributed by atoms with Crippen LogP contribution in [0.5, 0.6) is 0 Å². The SMILES string of the molecule is CC[C@@H](C)c1ccc(C(=O)COC(=O)CN2C(=O)c3ccccc3C2=O)cc1. The number of benzene rings is 2. The van der Waals surface area contributed by atoms with Crippen LogP contribution in [0.4, 0.5) is 0 Å². The summed E-state index contributed by atoms with van der Waals surface area (Å²) in [5, 5.41) is 0. The first kappa shape index (κ1) is 19.5. The summed E-state index contributed by atoms with van der Waals surface area (Å²) >= 11 is 0. The highest BCUT2D eigenvalue weighted by Gasteiger charge is 2.36. The van der Waals surface area contributed by atoms with Gasteiger partial charge in [-0.05, 0) is 30.0 Å².